The molecule has 0 spiro atoms. The van der Waals surface area contributed by atoms with Gasteiger partial charge < -0.3 is 19.9 Å². The third-order valence-corrected chi connectivity index (χ3v) is 3.61. The van der Waals surface area contributed by atoms with Crippen molar-refractivity contribution in [3.8, 4) is 5.75 Å². The number of fused-ring (bicyclic) bond motifs is 1. The molecule has 2 amide bonds. The van der Waals surface area contributed by atoms with Gasteiger partial charge in [-0.25, -0.2) is 0 Å². The summed E-state index contributed by atoms with van der Waals surface area (Å²) in [7, 11) is 4.77. The second kappa shape index (κ2) is 7.29. The summed E-state index contributed by atoms with van der Waals surface area (Å²) in [5.74, 6) is -0.948. The van der Waals surface area contributed by atoms with Crippen molar-refractivity contribution in [3.63, 3.8) is 0 Å². The number of halogens is 2. The number of hydrogen-bond donors (Lipinski definition) is 2. The Labute approximate surface area is 137 Å². The molecule has 1 heterocycles. The largest absolute Gasteiger partial charge is 0.497 e. The van der Waals surface area contributed by atoms with Crippen LogP contribution in [0, 0.1) is 0 Å². The van der Waals surface area contributed by atoms with E-state index in [4.69, 9.17) is 4.74 Å². The van der Waals surface area contributed by atoms with Crippen molar-refractivity contribution < 1.29 is 23.1 Å². The van der Waals surface area contributed by atoms with Gasteiger partial charge >= 0.3 is 6.43 Å². The summed E-state index contributed by atoms with van der Waals surface area (Å²) in [5.41, 5.74) is 1.75. The molecule has 0 aliphatic rings. The summed E-state index contributed by atoms with van der Waals surface area (Å²) in [5, 5.41) is 2.91. The van der Waals surface area contributed by atoms with E-state index in [-0.39, 0.29) is 18.9 Å². The van der Waals surface area contributed by atoms with E-state index in [1.807, 2.05) is 0 Å². The van der Waals surface area contributed by atoms with Gasteiger partial charge in [0.05, 0.1) is 7.11 Å². The lowest BCUT2D eigenvalue weighted by Gasteiger charge is -2.11. The Bertz CT molecular complexity index is 756. The first-order chi connectivity index (χ1) is 11.3. The summed E-state index contributed by atoms with van der Waals surface area (Å²) >= 11 is 0. The predicted molar refractivity (Wildman–Crippen MR) is 85.6 cm³/mol. The van der Waals surface area contributed by atoms with Crippen LogP contribution in [0.25, 0.3) is 10.9 Å². The minimum Gasteiger partial charge on any atom is -0.497 e. The number of carbonyl (C=O) groups is 2. The number of methoxy groups -OCH3 is 1. The van der Waals surface area contributed by atoms with E-state index in [9.17, 15) is 18.4 Å². The van der Waals surface area contributed by atoms with Crippen molar-refractivity contribution in [1.82, 2.24) is 15.2 Å². The first-order valence-electron chi connectivity index (χ1n) is 7.31. The molecule has 2 N–H and O–H groups in total. The summed E-state index contributed by atoms with van der Waals surface area (Å²) in [6.45, 7) is 0.00104. The van der Waals surface area contributed by atoms with Gasteiger partial charge in [0.15, 0.2) is 0 Å². The van der Waals surface area contributed by atoms with Crippen LogP contribution >= 0.6 is 0 Å². The van der Waals surface area contributed by atoms with Gasteiger partial charge in [-0.2, -0.15) is 8.78 Å². The quantitative estimate of drug-likeness (QED) is 0.843. The lowest BCUT2D eigenvalue weighted by atomic mass is 10.1. The zero-order valence-electron chi connectivity index (χ0n) is 13.7. The zero-order valence-corrected chi connectivity index (χ0v) is 13.7. The van der Waals surface area contributed by atoms with Crippen molar-refractivity contribution in [1.29, 1.82) is 0 Å². The topological polar surface area (TPSA) is 74.4 Å². The van der Waals surface area contributed by atoms with Crippen molar-refractivity contribution in [3.05, 3.63) is 29.5 Å². The minimum absolute atomic E-state index is 0.00104. The van der Waals surface area contributed by atoms with Gasteiger partial charge in [-0.05, 0) is 30.2 Å². The van der Waals surface area contributed by atoms with Crippen LogP contribution in [0.4, 0.5) is 8.78 Å². The fraction of sp³-hybridized carbons (Fsp3) is 0.375. The van der Waals surface area contributed by atoms with E-state index in [1.165, 1.54) is 12.0 Å². The van der Waals surface area contributed by atoms with E-state index in [0.29, 0.717) is 17.0 Å². The van der Waals surface area contributed by atoms with Crippen LogP contribution in [-0.2, 0) is 11.2 Å². The van der Waals surface area contributed by atoms with Gasteiger partial charge in [-0.15, -0.1) is 0 Å². The first kappa shape index (κ1) is 17.7. The average molecular weight is 339 g/mol. The first-order valence-corrected chi connectivity index (χ1v) is 7.31. The predicted octanol–water partition coefficient (Wildman–Crippen LogP) is 1.80. The fourth-order valence-electron chi connectivity index (χ4n) is 2.41. The Morgan fingerprint density at radius 2 is 2.04 bits per heavy atom. The number of hydrogen-bond acceptors (Lipinski definition) is 3. The maximum absolute atomic E-state index is 12.4. The van der Waals surface area contributed by atoms with E-state index >= 15 is 0 Å². The second-order valence-electron chi connectivity index (χ2n) is 5.43. The standard InChI is InChI=1S/C16H19F2N3O3/c1-21(2)16(23)13-10(6-7-19-15(22)14(17)18)11-8-9(24-3)4-5-12(11)20-13/h4-5,8,14,20H,6-7H2,1-3H3,(H,19,22). The van der Waals surface area contributed by atoms with Crippen molar-refractivity contribution in [2.45, 2.75) is 12.8 Å². The lowest BCUT2D eigenvalue weighted by molar-refractivity contribution is -0.131. The summed E-state index contributed by atoms with van der Waals surface area (Å²) in [6, 6.07) is 5.30. The number of nitrogens with zero attached hydrogens (tertiary/aromatic N) is 1. The molecule has 130 valence electrons. The average Bonchev–Trinajstić information content (AvgIpc) is 2.91. The molecule has 0 saturated carbocycles. The molecule has 0 unspecified atom stereocenters. The Kier molecular flexibility index (Phi) is 5.38. The van der Waals surface area contributed by atoms with Gasteiger partial charge in [0.25, 0.3) is 11.8 Å². The van der Waals surface area contributed by atoms with Crippen LogP contribution in [-0.4, -0.2) is 55.9 Å². The number of aromatic nitrogens is 1. The number of ether oxygens (including phenoxy) is 1. The molecule has 0 aliphatic heterocycles. The molecule has 1 aromatic carbocycles. The molecular weight excluding hydrogens is 320 g/mol. The third-order valence-electron chi connectivity index (χ3n) is 3.61. The highest BCUT2D eigenvalue weighted by atomic mass is 19.3. The Hall–Kier alpha value is -2.64. The Morgan fingerprint density at radius 1 is 1.33 bits per heavy atom. The van der Waals surface area contributed by atoms with Gasteiger partial charge in [0, 0.05) is 31.5 Å². The number of rotatable bonds is 6. The van der Waals surface area contributed by atoms with E-state index in [2.05, 4.69) is 10.3 Å². The molecule has 2 rings (SSSR count). The molecular formula is C16H19F2N3O3. The van der Waals surface area contributed by atoms with Gasteiger partial charge in [0.1, 0.15) is 11.4 Å². The molecule has 0 saturated heterocycles. The van der Waals surface area contributed by atoms with Crippen LogP contribution < -0.4 is 10.1 Å². The number of amides is 2. The monoisotopic (exact) mass is 339 g/mol. The number of H-pyrrole nitrogens is 1. The van der Waals surface area contributed by atoms with Crippen LogP contribution in [0.5, 0.6) is 5.75 Å². The summed E-state index contributed by atoms with van der Waals surface area (Å²) in [4.78, 5) is 27.8. The van der Waals surface area contributed by atoms with Crippen molar-refractivity contribution in [2.75, 3.05) is 27.7 Å². The van der Waals surface area contributed by atoms with Crippen molar-refractivity contribution >= 4 is 22.7 Å². The van der Waals surface area contributed by atoms with Gasteiger partial charge in [-0.3, -0.25) is 9.59 Å². The third kappa shape index (κ3) is 3.64. The van der Waals surface area contributed by atoms with E-state index in [0.717, 1.165) is 10.9 Å². The molecule has 0 atom stereocenters. The number of nitrogens with one attached hydrogen (secondary N) is 2. The maximum Gasteiger partial charge on any atom is 0.315 e. The van der Waals surface area contributed by atoms with E-state index < -0.39 is 12.3 Å². The minimum atomic E-state index is -3.06. The lowest BCUT2D eigenvalue weighted by Crippen LogP contribution is -2.31. The molecule has 6 nitrogen and oxygen atoms in total. The van der Waals surface area contributed by atoms with Crippen LogP contribution in [0.3, 0.4) is 0 Å². The molecule has 2 aromatic rings. The van der Waals surface area contributed by atoms with Crippen LogP contribution in [0.2, 0.25) is 0 Å². The Morgan fingerprint density at radius 3 is 2.62 bits per heavy atom. The van der Waals surface area contributed by atoms with Crippen LogP contribution in [0.15, 0.2) is 18.2 Å². The fourth-order valence-corrected chi connectivity index (χ4v) is 2.41. The Balaban J connectivity index is 2.37. The second-order valence-corrected chi connectivity index (χ2v) is 5.43. The molecule has 8 heteroatoms. The zero-order chi connectivity index (χ0) is 17.9. The number of carbonyl (C=O) groups excluding carboxylic acids is 2. The molecule has 0 radical (unpaired) electrons. The number of aromatic amines is 1. The smallest absolute Gasteiger partial charge is 0.315 e. The SMILES string of the molecule is COc1ccc2[nH]c(C(=O)N(C)C)c(CCNC(=O)C(F)F)c2c1. The summed E-state index contributed by atoms with van der Waals surface area (Å²) in [6.07, 6.45) is -2.82. The highest BCUT2D eigenvalue weighted by molar-refractivity contribution is 6.01. The normalized spacial score (nSPS) is 10.9. The molecule has 0 fully saturated rings. The molecule has 24 heavy (non-hydrogen) atoms. The van der Waals surface area contributed by atoms with Gasteiger partial charge in [-0.1, -0.05) is 0 Å². The highest BCUT2D eigenvalue weighted by Crippen LogP contribution is 2.27. The number of benzene rings is 1. The van der Waals surface area contributed by atoms with Crippen molar-refractivity contribution in [2.24, 2.45) is 0 Å². The van der Waals surface area contributed by atoms with Crippen LogP contribution in [0.1, 0.15) is 16.1 Å². The number of alkyl halides is 2. The highest BCUT2D eigenvalue weighted by Gasteiger charge is 2.20. The molecule has 0 bridgehead atoms. The molecule has 1 aromatic heterocycles. The molecule has 0 aliphatic carbocycles. The maximum atomic E-state index is 12.4. The summed E-state index contributed by atoms with van der Waals surface area (Å²) < 4.78 is 29.7. The van der Waals surface area contributed by atoms with Gasteiger partial charge in [0.2, 0.25) is 0 Å². The van der Waals surface area contributed by atoms with E-state index in [1.54, 1.807) is 32.3 Å².